The van der Waals surface area contributed by atoms with Crippen LogP contribution in [-0.4, -0.2) is 10.9 Å². The van der Waals surface area contributed by atoms with Gasteiger partial charge in [-0.25, -0.2) is 9.37 Å². The molecule has 0 spiro atoms. The molecule has 0 aliphatic heterocycles. The lowest BCUT2D eigenvalue weighted by Gasteiger charge is -2.08. The van der Waals surface area contributed by atoms with Crippen molar-refractivity contribution in [3.8, 4) is 0 Å². The quantitative estimate of drug-likeness (QED) is 0.836. The molecule has 4 nitrogen and oxygen atoms in total. The highest BCUT2D eigenvalue weighted by Gasteiger charge is 2.14. The number of anilines is 2. The fourth-order valence-corrected chi connectivity index (χ4v) is 1.83. The van der Waals surface area contributed by atoms with Crippen LogP contribution in [0.5, 0.6) is 0 Å². The Bertz CT molecular complexity index is 632. The molecule has 7 heteroatoms. The van der Waals surface area contributed by atoms with Crippen molar-refractivity contribution in [2.24, 2.45) is 0 Å². The van der Waals surface area contributed by atoms with Crippen LogP contribution in [0.2, 0.25) is 10.0 Å². The van der Waals surface area contributed by atoms with Gasteiger partial charge < -0.3 is 11.1 Å². The van der Waals surface area contributed by atoms with E-state index in [-0.39, 0.29) is 21.4 Å². The second-order valence-electron chi connectivity index (χ2n) is 3.68. The summed E-state index contributed by atoms with van der Waals surface area (Å²) in [5.74, 6) is -0.831. The zero-order chi connectivity index (χ0) is 14.0. The number of nitrogens with one attached hydrogen (secondary N) is 1. The SMILES string of the molecule is Nc1cc(Cl)c(Cl)c(C(=O)Nc2ccc(F)cn2)c1. The van der Waals surface area contributed by atoms with Crippen molar-refractivity contribution in [2.75, 3.05) is 11.1 Å². The molecule has 2 rings (SSSR count). The molecule has 19 heavy (non-hydrogen) atoms. The molecule has 0 aliphatic carbocycles. The molecule has 1 aromatic carbocycles. The van der Waals surface area contributed by atoms with Crippen molar-refractivity contribution < 1.29 is 9.18 Å². The number of aromatic nitrogens is 1. The van der Waals surface area contributed by atoms with Crippen LogP contribution in [0.25, 0.3) is 0 Å². The molecule has 1 amide bonds. The van der Waals surface area contributed by atoms with E-state index >= 15 is 0 Å². The van der Waals surface area contributed by atoms with Gasteiger partial charge in [0, 0.05) is 5.69 Å². The number of hydrogen-bond donors (Lipinski definition) is 2. The average Bonchev–Trinajstić information content (AvgIpc) is 2.36. The number of nitrogens with two attached hydrogens (primary N) is 1. The molecule has 0 fully saturated rings. The van der Waals surface area contributed by atoms with Crippen molar-refractivity contribution in [1.82, 2.24) is 4.98 Å². The number of carbonyl (C=O) groups excluding carboxylic acids is 1. The zero-order valence-electron chi connectivity index (χ0n) is 9.45. The fourth-order valence-electron chi connectivity index (χ4n) is 1.41. The van der Waals surface area contributed by atoms with E-state index in [1.165, 1.54) is 24.3 Å². The molecule has 0 bridgehead atoms. The zero-order valence-corrected chi connectivity index (χ0v) is 11.0. The van der Waals surface area contributed by atoms with Gasteiger partial charge in [0.2, 0.25) is 0 Å². The van der Waals surface area contributed by atoms with Gasteiger partial charge in [-0.2, -0.15) is 0 Å². The third-order valence-corrected chi connectivity index (χ3v) is 3.07. The number of rotatable bonds is 2. The van der Waals surface area contributed by atoms with E-state index in [1.54, 1.807) is 0 Å². The van der Waals surface area contributed by atoms with E-state index < -0.39 is 11.7 Å². The molecule has 0 saturated heterocycles. The first-order valence-electron chi connectivity index (χ1n) is 5.15. The molecule has 0 atom stereocenters. The van der Waals surface area contributed by atoms with Gasteiger partial charge in [-0.3, -0.25) is 4.79 Å². The van der Waals surface area contributed by atoms with Gasteiger partial charge >= 0.3 is 0 Å². The van der Waals surface area contributed by atoms with Gasteiger partial charge in [0.1, 0.15) is 11.6 Å². The molecule has 0 radical (unpaired) electrons. The summed E-state index contributed by atoms with van der Waals surface area (Å²) in [5, 5.41) is 2.74. The van der Waals surface area contributed by atoms with Crippen LogP contribution in [0.4, 0.5) is 15.9 Å². The summed E-state index contributed by atoms with van der Waals surface area (Å²) >= 11 is 11.8. The summed E-state index contributed by atoms with van der Waals surface area (Å²) in [6.07, 6.45) is 0.990. The predicted molar refractivity (Wildman–Crippen MR) is 73.0 cm³/mol. The Morgan fingerprint density at radius 2 is 2.05 bits per heavy atom. The molecule has 3 N–H and O–H groups in total. The van der Waals surface area contributed by atoms with Gasteiger partial charge in [0.15, 0.2) is 0 Å². The van der Waals surface area contributed by atoms with E-state index in [2.05, 4.69) is 10.3 Å². The molecular formula is C12H8Cl2FN3O. The molecule has 0 unspecified atom stereocenters. The Balaban J connectivity index is 2.27. The highest BCUT2D eigenvalue weighted by Crippen LogP contribution is 2.29. The second kappa shape index (κ2) is 5.42. The van der Waals surface area contributed by atoms with Gasteiger partial charge in [-0.1, -0.05) is 23.2 Å². The molecule has 98 valence electrons. The van der Waals surface area contributed by atoms with Crippen molar-refractivity contribution in [2.45, 2.75) is 0 Å². The van der Waals surface area contributed by atoms with E-state index in [9.17, 15) is 9.18 Å². The average molecular weight is 300 g/mol. The lowest BCUT2D eigenvalue weighted by Crippen LogP contribution is -2.14. The Hall–Kier alpha value is -1.85. The van der Waals surface area contributed by atoms with E-state index in [0.29, 0.717) is 5.69 Å². The topological polar surface area (TPSA) is 68.0 Å². The number of nitrogens with zero attached hydrogens (tertiary/aromatic N) is 1. The van der Waals surface area contributed by atoms with Crippen LogP contribution in [-0.2, 0) is 0 Å². The number of nitrogen functional groups attached to an aromatic ring is 1. The number of benzene rings is 1. The first-order chi connectivity index (χ1) is 8.97. The fraction of sp³-hybridized carbons (Fsp3) is 0. The van der Waals surface area contributed by atoms with Crippen LogP contribution in [0.3, 0.4) is 0 Å². The first kappa shape index (κ1) is 13.6. The lowest BCUT2D eigenvalue weighted by molar-refractivity contribution is 0.102. The molecule has 2 aromatic rings. The third kappa shape index (κ3) is 3.13. The Morgan fingerprint density at radius 1 is 1.32 bits per heavy atom. The predicted octanol–water partition coefficient (Wildman–Crippen LogP) is 3.36. The van der Waals surface area contributed by atoms with Gasteiger partial charge in [0.25, 0.3) is 5.91 Å². The van der Waals surface area contributed by atoms with Crippen LogP contribution in [0, 0.1) is 5.82 Å². The first-order valence-corrected chi connectivity index (χ1v) is 5.90. The van der Waals surface area contributed by atoms with Crippen LogP contribution < -0.4 is 11.1 Å². The minimum Gasteiger partial charge on any atom is -0.399 e. The smallest absolute Gasteiger partial charge is 0.258 e. The second-order valence-corrected chi connectivity index (χ2v) is 4.47. The molecule has 0 aliphatic rings. The van der Waals surface area contributed by atoms with Gasteiger partial charge in [-0.15, -0.1) is 0 Å². The Kier molecular flexibility index (Phi) is 3.87. The number of halogens is 3. The largest absolute Gasteiger partial charge is 0.399 e. The molecule has 0 saturated carbocycles. The lowest BCUT2D eigenvalue weighted by atomic mass is 10.2. The monoisotopic (exact) mass is 299 g/mol. The maximum atomic E-state index is 12.7. The third-order valence-electron chi connectivity index (χ3n) is 2.26. The standard InChI is InChI=1S/C12H8Cl2FN3O/c13-9-4-7(16)3-8(11(9)14)12(19)18-10-2-1-6(15)5-17-10/h1-5H,16H2,(H,17,18,19). The summed E-state index contributed by atoms with van der Waals surface area (Å²) in [6.45, 7) is 0. The molecular weight excluding hydrogens is 292 g/mol. The minimum absolute atomic E-state index is 0.0930. The van der Waals surface area contributed by atoms with Crippen LogP contribution in [0.1, 0.15) is 10.4 Å². The number of carbonyl (C=O) groups is 1. The highest BCUT2D eigenvalue weighted by molar-refractivity contribution is 6.44. The maximum absolute atomic E-state index is 12.7. The molecule has 1 heterocycles. The normalized spacial score (nSPS) is 10.3. The van der Waals surface area contributed by atoms with Gasteiger partial charge in [-0.05, 0) is 24.3 Å². The van der Waals surface area contributed by atoms with E-state index in [1.807, 2.05) is 0 Å². The summed E-state index contributed by atoms with van der Waals surface area (Å²) in [6, 6.07) is 5.34. The maximum Gasteiger partial charge on any atom is 0.258 e. The number of amides is 1. The minimum atomic E-state index is -0.529. The number of pyridine rings is 1. The van der Waals surface area contributed by atoms with E-state index in [4.69, 9.17) is 28.9 Å². The summed E-state index contributed by atoms with van der Waals surface area (Å²) < 4.78 is 12.7. The van der Waals surface area contributed by atoms with Crippen LogP contribution >= 0.6 is 23.2 Å². The summed E-state index contributed by atoms with van der Waals surface area (Å²) in [7, 11) is 0. The summed E-state index contributed by atoms with van der Waals surface area (Å²) in [5.41, 5.74) is 6.03. The van der Waals surface area contributed by atoms with Crippen molar-refractivity contribution in [1.29, 1.82) is 0 Å². The Labute approximate surface area is 118 Å². The Morgan fingerprint density at radius 3 is 2.68 bits per heavy atom. The summed E-state index contributed by atoms with van der Waals surface area (Å²) in [4.78, 5) is 15.7. The van der Waals surface area contributed by atoms with Crippen molar-refractivity contribution in [3.63, 3.8) is 0 Å². The van der Waals surface area contributed by atoms with E-state index in [0.717, 1.165) is 6.20 Å². The highest BCUT2D eigenvalue weighted by atomic mass is 35.5. The van der Waals surface area contributed by atoms with Crippen molar-refractivity contribution >= 4 is 40.6 Å². The number of hydrogen-bond acceptors (Lipinski definition) is 3. The van der Waals surface area contributed by atoms with Crippen LogP contribution in [0.15, 0.2) is 30.5 Å². The van der Waals surface area contributed by atoms with Crippen molar-refractivity contribution in [3.05, 3.63) is 51.9 Å². The van der Waals surface area contributed by atoms with Gasteiger partial charge in [0.05, 0.1) is 21.8 Å². The molecule has 1 aromatic heterocycles.